The molecule has 3 heterocycles. The fourth-order valence-corrected chi connectivity index (χ4v) is 6.53. The van der Waals surface area contributed by atoms with E-state index in [0.717, 1.165) is 18.2 Å². The van der Waals surface area contributed by atoms with Gasteiger partial charge in [-0.3, -0.25) is 4.98 Å². The summed E-state index contributed by atoms with van der Waals surface area (Å²) >= 11 is 3.41. The largest absolute Gasteiger partial charge is 0.465 e. The molecule has 0 radical (unpaired) electrons. The molecule has 2 aromatic rings. The number of benzene rings is 1. The molecule has 2 fully saturated rings. The van der Waals surface area contributed by atoms with Gasteiger partial charge in [-0.2, -0.15) is 4.31 Å². The number of halogens is 1. The number of amides is 1. The van der Waals surface area contributed by atoms with E-state index < -0.39 is 16.1 Å². The first-order valence-electron chi connectivity index (χ1n) is 8.41. The molecule has 2 saturated heterocycles. The van der Waals surface area contributed by atoms with Crippen LogP contribution in [0.15, 0.2) is 40.0 Å². The van der Waals surface area contributed by atoms with Crippen molar-refractivity contribution < 1.29 is 18.3 Å². The van der Waals surface area contributed by atoms with E-state index in [-0.39, 0.29) is 23.4 Å². The third-order valence-electron chi connectivity index (χ3n) is 5.31. The normalized spacial score (nSPS) is 24.0. The van der Waals surface area contributed by atoms with Crippen molar-refractivity contribution in [1.29, 1.82) is 0 Å². The monoisotopic (exact) mass is 439 g/mol. The van der Waals surface area contributed by atoms with E-state index in [9.17, 15) is 18.3 Å². The van der Waals surface area contributed by atoms with Crippen LogP contribution in [0, 0.1) is 5.92 Å². The van der Waals surface area contributed by atoms with Crippen LogP contribution in [0.2, 0.25) is 0 Å². The molecule has 0 aliphatic carbocycles. The molecule has 7 nitrogen and oxygen atoms in total. The second-order valence-corrected chi connectivity index (χ2v) is 9.50. The van der Waals surface area contributed by atoms with Crippen molar-refractivity contribution in [2.24, 2.45) is 5.92 Å². The van der Waals surface area contributed by atoms with Gasteiger partial charge in [-0.1, -0.05) is 12.1 Å². The smallest absolute Gasteiger partial charge is 0.407 e. The molecule has 2 aliphatic heterocycles. The van der Waals surface area contributed by atoms with E-state index >= 15 is 0 Å². The zero-order valence-electron chi connectivity index (χ0n) is 13.9. The molecule has 0 bridgehead atoms. The van der Waals surface area contributed by atoms with Gasteiger partial charge >= 0.3 is 6.09 Å². The van der Waals surface area contributed by atoms with Crippen molar-refractivity contribution in [2.75, 3.05) is 19.6 Å². The number of sulfonamides is 1. The van der Waals surface area contributed by atoms with E-state index in [0.29, 0.717) is 22.9 Å². The molecule has 0 spiro atoms. The number of carbonyl (C=O) groups is 1. The van der Waals surface area contributed by atoms with Crippen molar-refractivity contribution in [3.8, 4) is 0 Å². The molecular weight excluding hydrogens is 422 g/mol. The lowest BCUT2D eigenvalue weighted by Gasteiger charge is -2.34. The maximum absolute atomic E-state index is 13.3. The molecule has 4 rings (SSSR count). The number of pyridine rings is 1. The minimum absolute atomic E-state index is 0.0507. The van der Waals surface area contributed by atoms with Gasteiger partial charge in [0.2, 0.25) is 10.0 Å². The average Bonchev–Trinajstić information content (AvgIpc) is 3.06. The highest BCUT2D eigenvalue weighted by Gasteiger charge is 2.45. The first-order chi connectivity index (χ1) is 12.4. The van der Waals surface area contributed by atoms with Crippen molar-refractivity contribution >= 4 is 42.8 Å². The van der Waals surface area contributed by atoms with Gasteiger partial charge in [0.05, 0.1) is 10.9 Å². The summed E-state index contributed by atoms with van der Waals surface area (Å²) in [6.07, 6.45) is 3.86. The number of nitrogens with zero attached hydrogens (tertiary/aromatic N) is 3. The number of likely N-dealkylation sites (tertiary alicyclic amines) is 1. The van der Waals surface area contributed by atoms with Crippen LogP contribution in [0.5, 0.6) is 0 Å². The Kier molecular flexibility index (Phi) is 4.40. The Morgan fingerprint density at radius 1 is 1.27 bits per heavy atom. The minimum Gasteiger partial charge on any atom is -0.465 e. The second kappa shape index (κ2) is 6.47. The summed E-state index contributed by atoms with van der Waals surface area (Å²) in [6, 6.07) is 4.85. The average molecular weight is 440 g/mol. The number of hydrogen-bond donors (Lipinski definition) is 1. The lowest BCUT2D eigenvalue weighted by atomic mass is 9.92. The van der Waals surface area contributed by atoms with Crippen LogP contribution in [0.1, 0.15) is 12.8 Å². The predicted octanol–water partition coefficient (Wildman–Crippen LogP) is 2.76. The number of aromatic nitrogens is 1. The van der Waals surface area contributed by atoms with E-state index in [1.54, 1.807) is 24.5 Å². The summed E-state index contributed by atoms with van der Waals surface area (Å²) in [5.74, 6) is 0.0507. The number of rotatable bonds is 2. The Balaban J connectivity index is 1.74. The van der Waals surface area contributed by atoms with E-state index in [1.165, 1.54) is 9.21 Å². The van der Waals surface area contributed by atoms with Gasteiger partial charge in [-0.15, -0.1) is 0 Å². The van der Waals surface area contributed by atoms with Gasteiger partial charge in [0.1, 0.15) is 0 Å². The van der Waals surface area contributed by atoms with Crippen LogP contribution < -0.4 is 0 Å². The first-order valence-corrected chi connectivity index (χ1v) is 10.6. The molecule has 9 heteroatoms. The molecule has 0 saturated carbocycles. The topological polar surface area (TPSA) is 90.8 Å². The standard InChI is InChI=1S/C17H18BrN3O4S/c18-13-8-19-7-11-3-1-5-15(16(11)13)26(24,25)20-9-12-4-2-6-21(17(22)23)14(12)10-20/h1,3,5,7-8,12,14H,2,4,6,9-10H2,(H,22,23). The van der Waals surface area contributed by atoms with E-state index in [2.05, 4.69) is 20.9 Å². The minimum atomic E-state index is -3.74. The number of carboxylic acid groups (broad SMARTS) is 1. The zero-order chi connectivity index (χ0) is 18.5. The molecular formula is C17H18BrN3O4S. The summed E-state index contributed by atoms with van der Waals surface area (Å²) in [5, 5.41) is 10.8. The molecule has 26 heavy (non-hydrogen) atoms. The molecule has 2 unspecified atom stereocenters. The first kappa shape index (κ1) is 17.7. The third kappa shape index (κ3) is 2.78. The third-order valence-corrected chi connectivity index (χ3v) is 7.78. The molecule has 2 aliphatic rings. The Labute approximate surface area is 159 Å². The van der Waals surface area contributed by atoms with Crippen LogP contribution in [-0.4, -0.2) is 59.5 Å². The molecule has 138 valence electrons. The summed E-state index contributed by atoms with van der Waals surface area (Å²) in [4.78, 5) is 17.2. The maximum Gasteiger partial charge on any atom is 0.407 e. The molecule has 2 atom stereocenters. The molecule has 1 amide bonds. The van der Waals surface area contributed by atoms with Crippen LogP contribution in [0.3, 0.4) is 0 Å². The van der Waals surface area contributed by atoms with Crippen LogP contribution >= 0.6 is 15.9 Å². The second-order valence-electron chi connectivity index (χ2n) is 6.74. The number of hydrogen-bond acceptors (Lipinski definition) is 4. The number of fused-ring (bicyclic) bond motifs is 2. The van der Waals surface area contributed by atoms with Gasteiger partial charge in [0.25, 0.3) is 0 Å². The zero-order valence-corrected chi connectivity index (χ0v) is 16.3. The van der Waals surface area contributed by atoms with E-state index in [1.807, 2.05) is 6.07 Å². The van der Waals surface area contributed by atoms with Gasteiger partial charge in [-0.25, -0.2) is 13.2 Å². The fraction of sp³-hybridized carbons (Fsp3) is 0.412. The van der Waals surface area contributed by atoms with Gasteiger partial charge < -0.3 is 10.0 Å². The quantitative estimate of drug-likeness (QED) is 0.776. The summed E-state index contributed by atoms with van der Waals surface area (Å²) in [6.45, 7) is 1.03. The highest BCUT2D eigenvalue weighted by molar-refractivity contribution is 9.10. The fourth-order valence-electron chi connectivity index (χ4n) is 4.09. The van der Waals surface area contributed by atoms with Crippen LogP contribution in [0.25, 0.3) is 10.8 Å². The van der Waals surface area contributed by atoms with Gasteiger partial charge in [-0.05, 0) is 40.8 Å². The Hall–Kier alpha value is -1.71. The Morgan fingerprint density at radius 3 is 2.85 bits per heavy atom. The highest BCUT2D eigenvalue weighted by atomic mass is 79.9. The Bertz CT molecular complexity index is 976. The lowest BCUT2D eigenvalue weighted by molar-refractivity contribution is 0.0960. The van der Waals surface area contributed by atoms with Crippen molar-refractivity contribution in [3.05, 3.63) is 35.1 Å². The van der Waals surface area contributed by atoms with Gasteiger partial charge in [0.15, 0.2) is 0 Å². The van der Waals surface area contributed by atoms with Crippen LogP contribution in [-0.2, 0) is 10.0 Å². The molecule has 1 aromatic carbocycles. The SMILES string of the molecule is O=C(O)N1CCCC2CN(S(=O)(=O)c3cccc4cncc(Br)c34)CC21. The van der Waals surface area contributed by atoms with E-state index in [4.69, 9.17) is 0 Å². The summed E-state index contributed by atoms with van der Waals surface area (Å²) < 4.78 is 28.7. The van der Waals surface area contributed by atoms with Gasteiger partial charge in [0, 0.05) is 47.3 Å². The summed E-state index contributed by atoms with van der Waals surface area (Å²) in [5.41, 5.74) is 0. The van der Waals surface area contributed by atoms with Crippen LogP contribution in [0.4, 0.5) is 4.79 Å². The predicted molar refractivity (Wildman–Crippen MR) is 99.4 cm³/mol. The summed E-state index contributed by atoms with van der Waals surface area (Å²) in [7, 11) is -3.74. The van der Waals surface area contributed by atoms with Crippen molar-refractivity contribution in [1.82, 2.24) is 14.2 Å². The Morgan fingerprint density at radius 2 is 2.08 bits per heavy atom. The number of piperidine rings is 1. The maximum atomic E-state index is 13.3. The van der Waals surface area contributed by atoms with Crippen molar-refractivity contribution in [3.63, 3.8) is 0 Å². The van der Waals surface area contributed by atoms with Crippen molar-refractivity contribution in [2.45, 2.75) is 23.8 Å². The lowest BCUT2D eigenvalue weighted by Crippen LogP contribution is -2.47. The molecule has 1 N–H and O–H groups in total. The molecule has 1 aromatic heterocycles. The highest BCUT2D eigenvalue weighted by Crippen LogP contribution is 2.36.